The molecule has 1 aromatic rings. The molecule has 1 N–H and O–H groups in total. The van der Waals surface area contributed by atoms with E-state index in [9.17, 15) is 9.18 Å². The Labute approximate surface area is 138 Å². The van der Waals surface area contributed by atoms with Gasteiger partial charge in [-0.15, -0.1) is 0 Å². The Morgan fingerprint density at radius 2 is 1.35 bits per heavy atom. The van der Waals surface area contributed by atoms with Crippen molar-refractivity contribution in [2.45, 2.75) is 52.6 Å². The van der Waals surface area contributed by atoms with Crippen LogP contribution in [0.2, 0.25) is 0 Å². The number of hydrogen-bond donors (Lipinski definition) is 1. The highest BCUT2D eigenvalue weighted by Gasteiger charge is 2.38. The summed E-state index contributed by atoms with van der Waals surface area (Å²) in [5.41, 5.74) is -0.565. The molecule has 3 heteroatoms. The van der Waals surface area contributed by atoms with Crippen LogP contribution in [0, 0.1) is 5.41 Å². The van der Waals surface area contributed by atoms with Crippen LogP contribution in [-0.2, 0) is 10.2 Å². The highest BCUT2D eigenvalue weighted by molar-refractivity contribution is 6.00. The average molecular weight is 318 g/mol. The molecule has 1 aromatic carbocycles. The van der Waals surface area contributed by atoms with Crippen molar-refractivity contribution < 1.29 is 14.3 Å². The summed E-state index contributed by atoms with van der Waals surface area (Å²) in [7, 11) is 0. The largest absolute Gasteiger partial charge is 0.508 e. The summed E-state index contributed by atoms with van der Waals surface area (Å²) in [4.78, 5) is 10.7. The second-order valence-electron chi connectivity index (χ2n) is 7.88. The molecule has 0 radical (unpaired) electrons. The second-order valence-corrected chi connectivity index (χ2v) is 7.88. The molecule has 0 atom stereocenters. The van der Waals surface area contributed by atoms with Crippen molar-refractivity contribution >= 4 is 5.78 Å². The van der Waals surface area contributed by atoms with Gasteiger partial charge in [-0.05, 0) is 47.4 Å². The number of rotatable bonds is 0. The molecule has 0 saturated carbocycles. The Hall–Kier alpha value is -1.90. The van der Waals surface area contributed by atoms with E-state index in [-0.39, 0.29) is 11.2 Å². The van der Waals surface area contributed by atoms with Gasteiger partial charge in [0.2, 0.25) is 0 Å². The van der Waals surface area contributed by atoms with Crippen LogP contribution in [0.1, 0.15) is 47.1 Å². The number of allylic oxidation sites excluding steroid dienone is 4. The third kappa shape index (κ3) is 5.34. The van der Waals surface area contributed by atoms with Gasteiger partial charge < -0.3 is 5.11 Å². The first-order chi connectivity index (χ1) is 10.3. The van der Waals surface area contributed by atoms with Gasteiger partial charge in [-0.25, -0.2) is 4.39 Å². The van der Waals surface area contributed by atoms with Crippen molar-refractivity contribution in [1.82, 2.24) is 0 Å². The molecule has 1 aliphatic carbocycles. The van der Waals surface area contributed by atoms with Gasteiger partial charge >= 0.3 is 0 Å². The van der Waals surface area contributed by atoms with Crippen molar-refractivity contribution in [3.8, 4) is 5.75 Å². The van der Waals surface area contributed by atoms with Crippen molar-refractivity contribution in [2.75, 3.05) is 0 Å². The lowest BCUT2D eigenvalue weighted by atomic mass is 9.76. The van der Waals surface area contributed by atoms with Gasteiger partial charge in [-0.3, -0.25) is 4.79 Å². The third-order valence-electron chi connectivity index (χ3n) is 3.86. The molecule has 0 amide bonds. The first kappa shape index (κ1) is 19.1. The number of aromatic hydroxyl groups is 1. The van der Waals surface area contributed by atoms with E-state index in [0.717, 1.165) is 0 Å². The average Bonchev–Trinajstić information content (AvgIpc) is 2.41. The summed E-state index contributed by atoms with van der Waals surface area (Å²) >= 11 is 0. The molecule has 0 unspecified atom stereocenters. The number of carbonyl (C=O) groups excluding carboxylic acids is 1. The minimum atomic E-state index is -1.49. The van der Waals surface area contributed by atoms with Gasteiger partial charge in [0.05, 0.1) is 0 Å². The van der Waals surface area contributed by atoms with E-state index >= 15 is 0 Å². The topological polar surface area (TPSA) is 37.3 Å². The second kappa shape index (κ2) is 6.69. The highest BCUT2D eigenvalue weighted by Crippen LogP contribution is 2.37. The Bertz CT molecular complexity index is 580. The number of alkyl halides is 1. The van der Waals surface area contributed by atoms with Gasteiger partial charge in [0.15, 0.2) is 11.5 Å². The number of hydrogen-bond acceptors (Lipinski definition) is 2. The van der Waals surface area contributed by atoms with Crippen molar-refractivity contribution in [3.05, 3.63) is 54.1 Å². The molecule has 0 spiro atoms. The van der Waals surface area contributed by atoms with E-state index in [1.54, 1.807) is 32.9 Å². The number of benzene rings is 1. The SMILES string of the molecule is CC(C)(C)C1(F)C=CC(=O)C=C1.CC(C)(C)c1ccc(O)cc1. The van der Waals surface area contributed by atoms with Crippen LogP contribution in [0.15, 0.2) is 48.6 Å². The third-order valence-corrected chi connectivity index (χ3v) is 3.86. The van der Waals surface area contributed by atoms with Gasteiger partial charge in [-0.1, -0.05) is 53.7 Å². The maximum absolute atomic E-state index is 13.9. The normalized spacial score (nSPS) is 16.7. The number of phenols is 1. The first-order valence-electron chi connectivity index (χ1n) is 7.76. The lowest BCUT2D eigenvalue weighted by Crippen LogP contribution is -2.35. The van der Waals surface area contributed by atoms with Crippen molar-refractivity contribution in [3.63, 3.8) is 0 Å². The Balaban J connectivity index is 0.000000231. The fourth-order valence-corrected chi connectivity index (χ4v) is 1.98. The lowest BCUT2D eigenvalue weighted by molar-refractivity contribution is -0.110. The van der Waals surface area contributed by atoms with E-state index in [1.807, 2.05) is 12.1 Å². The zero-order valence-electron chi connectivity index (χ0n) is 14.9. The van der Waals surface area contributed by atoms with Crippen LogP contribution in [0.4, 0.5) is 4.39 Å². The van der Waals surface area contributed by atoms with Crippen LogP contribution < -0.4 is 0 Å². The molecule has 126 valence electrons. The maximum Gasteiger partial charge on any atom is 0.178 e. The molecule has 0 heterocycles. The lowest BCUT2D eigenvalue weighted by Gasteiger charge is -2.33. The van der Waals surface area contributed by atoms with Crippen molar-refractivity contribution in [2.24, 2.45) is 5.41 Å². The van der Waals surface area contributed by atoms with Gasteiger partial charge in [0, 0.05) is 5.41 Å². The molecule has 0 aromatic heterocycles. The standard InChI is InChI=1S/C10H13FO.C10H14O/c1-9(2,3)10(11)6-4-8(12)5-7-10;1-10(2,3)8-4-6-9(11)7-5-8/h4-7H,1-3H3;4-7,11H,1-3H3. The first-order valence-corrected chi connectivity index (χ1v) is 7.76. The number of halogens is 1. The summed E-state index contributed by atoms with van der Waals surface area (Å²) in [6, 6.07) is 7.35. The Kier molecular flexibility index (Phi) is 5.57. The fourth-order valence-electron chi connectivity index (χ4n) is 1.98. The van der Waals surface area contributed by atoms with Gasteiger partial charge in [0.1, 0.15) is 5.75 Å². The molecule has 0 bridgehead atoms. The molecule has 1 aliphatic rings. The number of carbonyl (C=O) groups is 1. The van der Waals surface area contributed by atoms with Crippen LogP contribution >= 0.6 is 0 Å². The Morgan fingerprint density at radius 3 is 1.70 bits per heavy atom. The molecule has 23 heavy (non-hydrogen) atoms. The maximum atomic E-state index is 13.9. The molecular formula is C20H27FO2. The van der Waals surface area contributed by atoms with Crippen LogP contribution in [0.25, 0.3) is 0 Å². The number of ketones is 1. The van der Waals surface area contributed by atoms with E-state index in [1.165, 1.54) is 29.9 Å². The summed E-state index contributed by atoms with van der Waals surface area (Å²) < 4.78 is 13.9. The smallest absolute Gasteiger partial charge is 0.178 e. The molecule has 0 saturated heterocycles. The van der Waals surface area contributed by atoms with Gasteiger partial charge in [-0.2, -0.15) is 0 Å². The predicted molar refractivity (Wildman–Crippen MR) is 93.4 cm³/mol. The minimum Gasteiger partial charge on any atom is -0.508 e. The minimum absolute atomic E-state index is 0.146. The quantitative estimate of drug-likeness (QED) is 0.720. The fraction of sp³-hybridized carbons (Fsp3) is 0.450. The highest BCUT2D eigenvalue weighted by atomic mass is 19.1. The van der Waals surface area contributed by atoms with E-state index in [4.69, 9.17) is 5.11 Å². The molecular weight excluding hydrogens is 291 g/mol. The summed E-state index contributed by atoms with van der Waals surface area (Å²) in [6.45, 7) is 11.9. The number of phenolic OH excluding ortho intramolecular Hbond substituents is 1. The van der Waals surface area contributed by atoms with Crippen LogP contribution in [-0.4, -0.2) is 16.6 Å². The summed E-state index contributed by atoms with van der Waals surface area (Å²) in [5, 5.41) is 9.02. The van der Waals surface area contributed by atoms with Crippen molar-refractivity contribution in [1.29, 1.82) is 0 Å². The van der Waals surface area contributed by atoms with Crippen LogP contribution in [0.5, 0.6) is 5.75 Å². The molecule has 0 fully saturated rings. The Morgan fingerprint density at radius 1 is 0.913 bits per heavy atom. The molecule has 0 aliphatic heterocycles. The van der Waals surface area contributed by atoms with E-state index in [0.29, 0.717) is 5.75 Å². The van der Waals surface area contributed by atoms with E-state index < -0.39 is 11.1 Å². The monoisotopic (exact) mass is 318 g/mol. The predicted octanol–water partition coefficient (Wildman–Crippen LogP) is 5.13. The van der Waals surface area contributed by atoms with Gasteiger partial charge in [0.25, 0.3) is 0 Å². The summed E-state index contributed by atoms with van der Waals surface area (Å²) in [6.07, 6.45) is 5.22. The van der Waals surface area contributed by atoms with Crippen LogP contribution in [0.3, 0.4) is 0 Å². The molecule has 2 rings (SSSR count). The summed E-state index contributed by atoms with van der Waals surface area (Å²) in [5.74, 6) is 0.186. The zero-order chi connectivity index (χ0) is 17.9. The zero-order valence-corrected chi connectivity index (χ0v) is 14.9. The molecule has 2 nitrogen and oxygen atoms in total. The van der Waals surface area contributed by atoms with E-state index in [2.05, 4.69) is 20.8 Å².